The molecule has 1 atom stereocenters. The quantitative estimate of drug-likeness (QED) is 0.666. The van der Waals surface area contributed by atoms with Gasteiger partial charge in [-0.1, -0.05) is 12.1 Å². The van der Waals surface area contributed by atoms with E-state index >= 15 is 0 Å². The van der Waals surface area contributed by atoms with Gasteiger partial charge in [-0.05, 0) is 54.3 Å². The summed E-state index contributed by atoms with van der Waals surface area (Å²) in [7, 11) is 0. The second-order valence-electron chi connectivity index (χ2n) is 8.20. The molecule has 3 aromatic rings. The van der Waals surface area contributed by atoms with E-state index < -0.39 is 0 Å². The number of rotatable bonds is 5. The molecule has 2 amide bonds. The lowest BCUT2D eigenvalue weighted by atomic mass is 9.90. The third kappa shape index (κ3) is 3.76. The monoisotopic (exact) mass is 436 g/mol. The van der Waals surface area contributed by atoms with Gasteiger partial charge in [-0.2, -0.15) is 0 Å². The zero-order valence-electron chi connectivity index (χ0n) is 17.2. The van der Waals surface area contributed by atoms with E-state index in [0.717, 1.165) is 24.9 Å². The third-order valence-corrected chi connectivity index (χ3v) is 7.14. The highest BCUT2D eigenvalue weighted by atomic mass is 32.1. The molecule has 160 valence electrons. The molecule has 1 N–H and O–H groups in total. The molecular weight excluding hydrogens is 412 g/mol. The van der Waals surface area contributed by atoms with Crippen LogP contribution >= 0.6 is 11.3 Å². The Kier molecular flexibility index (Phi) is 5.31. The maximum Gasteiger partial charge on any atom is 0.271 e. The van der Waals surface area contributed by atoms with E-state index in [1.54, 1.807) is 4.90 Å². The van der Waals surface area contributed by atoms with Gasteiger partial charge in [0.05, 0.1) is 17.8 Å². The van der Waals surface area contributed by atoms with Crippen LogP contribution in [-0.2, 0) is 29.0 Å². The summed E-state index contributed by atoms with van der Waals surface area (Å²) in [5.41, 5.74) is 4.16. The fourth-order valence-corrected chi connectivity index (χ4v) is 5.40. The summed E-state index contributed by atoms with van der Waals surface area (Å²) in [5.74, 6) is -0.511. The fraction of sp³-hybridized carbons (Fsp3) is 0.391. The number of hydrogen-bond acceptors (Lipinski definition) is 5. The average Bonchev–Trinajstić information content (AvgIpc) is 3.42. The van der Waals surface area contributed by atoms with Crippen molar-refractivity contribution >= 4 is 39.1 Å². The maximum atomic E-state index is 12.7. The molecule has 0 spiro atoms. The molecule has 1 unspecified atom stereocenters. The van der Waals surface area contributed by atoms with Gasteiger partial charge < -0.3 is 10.2 Å². The minimum atomic E-state index is -0.374. The van der Waals surface area contributed by atoms with E-state index in [9.17, 15) is 14.4 Å². The Balaban J connectivity index is 1.22. The number of hydrogen-bond donors (Lipinski definition) is 1. The van der Waals surface area contributed by atoms with Gasteiger partial charge in [-0.3, -0.25) is 19.0 Å². The largest absolute Gasteiger partial charge is 0.354 e. The molecule has 3 heterocycles. The number of carbonyl (C=O) groups excluding carboxylic acids is 2. The van der Waals surface area contributed by atoms with Crippen LogP contribution in [0.4, 0.5) is 5.69 Å². The summed E-state index contributed by atoms with van der Waals surface area (Å²) >= 11 is 1.37. The summed E-state index contributed by atoms with van der Waals surface area (Å²) in [6.07, 6.45) is 6.11. The zero-order valence-corrected chi connectivity index (χ0v) is 18.0. The van der Waals surface area contributed by atoms with E-state index in [4.69, 9.17) is 0 Å². The number of aromatic nitrogens is 2. The van der Waals surface area contributed by atoms with Crippen molar-refractivity contribution in [2.75, 3.05) is 18.0 Å². The predicted molar refractivity (Wildman–Crippen MR) is 120 cm³/mol. The van der Waals surface area contributed by atoms with Gasteiger partial charge in [0.1, 0.15) is 4.70 Å². The number of thiophene rings is 1. The molecule has 1 fully saturated rings. The molecule has 7 nitrogen and oxygen atoms in total. The van der Waals surface area contributed by atoms with Crippen LogP contribution in [0.15, 0.2) is 40.8 Å². The summed E-state index contributed by atoms with van der Waals surface area (Å²) < 4.78 is 2.14. The van der Waals surface area contributed by atoms with Gasteiger partial charge in [-0.25, -0.2) is 4.98 Å². The molecule has 1 aromatic carbocycles. The summed E-state index contributed by atoms with van der Waals surface area (Å²) in [5, 5.41) is 4.74. The normalized spacial score (nSPS) is 18.4. The highest BCUT2D eigenvalue weighted by molar-refractivity contribution is 7.17. The van der Waals surface area contributed by atoms with Crippen LogP contribution < -0.4 is 15.8 Å². The van der Waals surface area contributed by atoms with E-state index in [0.29, 0.717) is 29.9 Å². The van der Waals surface area contributed by atoms with E-state index in [-0.39, 0.29) is 29.7 Å². The first-order valence-electron chi connectivity index (χ1n) is 10.7. The van der Waals surface area contributed by atoms with Crippen molar-refractivity contribution in [1.82, 2.24) is 14.9 Å². The number of anilines is 1. The number of nitrogens with one attached hydrogen (secondary N) is 1. The summed E-state index contributed by atoms with van der Waals surface area (Å²) in [6, 6.07) is 7.98. The van der Waals surface area contributed by atoms with Crippen molar-refractivity contribution in [3.63, 3.8) is 0 Å². The third-order valence-electron chi connectivity index (χ3n) is 6.25. The van der Waals surface area contributed by atoms with Crippen LogP contribution in [0.5, 0.6) is 0 Å². The second kappa shape index (κ2) is 8.26. The number of nitrogens with zero attached hydrogens (tertiary/aromatic N) is 3. The van der Waals surface area contributed by atoms with Crippen molar-refractivity contribution in [3.05, 3.63) is 57.5 Å². The Morgan fingerprint density at radius 3 is 2.97 bits per heavy atom. The molecule has 1 aliphatic heterocycles. The first-order valence-corrected chi connectivity index (χ1v) is 11.6. The SMILES string of the molecule is O=C(NCCn1cnc2ccsc2c1=O)C1CC(=O)N(c2cccc3c2CCCC3)C1. The Morgan fingerprint density at radius 2 is 2.06 bits per heavy atom. The van der Waals surface area contributed by atoms with Crippen molar-refractivity contribution in [3.8, 4) is 0 Å². The smallest absolute Gasteiger partial charge is 0.271 e. The molecule has 31 heavy (non-hydrogen) atoms. The molecule has 2 aromatic heterocycles. The minimum absolute atomic E-state index is 0.00249. The molecule has 5 rings (SSSR count). The number of fused-ring (bicyclic) bond motifs is 2. The van der Waals surface area contributed by atoms with Crippen molar-refractivity contribution in [1.29, 1.82) is 0 Å². The number of aryl methyl sites for hydroxylation is 1. The van der Waals surface area contributed by atoms with E-state index in [1.165, 1.54) is 39.8 Å². The Labute approximate surface area is 183 Å². The van der Waals surface area contributed by atoms with Gasteiger partial charge >= 0.3 is 0 Å². The molecule has 8 heteroatoms. The number of benzene rings is 1. The number of carbonyl (C=O) groups is 2. The van der Waals surface area contributed by atoms with E-state index in [2.05, 4.69) is 16.4 Å². The zero-order chi connectivity index (χ0) is 21.4. The second-order valence-corrected chi connectivity index (χ2v) is 9.11. The number of amides is 2. The Morgan fingerprint density at radius 1 is 1.19 bits per heavy atom. The summed E-state index contributed by atoms with van der Waals surface area (Å²) in [4.78, 5) is 43.9. The van der Waals surface area contributed by atoms with Gasteiger partial charge in [-0.15, -0.1) is 11.3 Å². The van der Waals surface area contributed by atoms with Crippen molar-refractivity contribution in [2.45, 2.75) is 38.6 Å². The lowest BCUT2D eigenvalue weighted by Gasteiger charge is -2.25. The van der Waals surface area contributed by atoms with Crippen LogP contribution in [0, 0.1) is 5.92 Å². The average molecular weight is 437 g/mol. The van der Waals surface area contributed by atoms with Gasteiger partial charge in [0, 0.05) is 31.7 Å². The van der Waals surface area contributed by atoms with Crippen molar-refractivity contribution < 1.29 is 9.59 Å². The maximum absolute atomic E-state index is 12.7. The van der Waals surface area contributed by atoms with E-state index in [1.807, 2.05) is 23.6 Å². The Hall–Kier alpha value is -3.00. The first kappa shape index (κ1) is 19.9. The Bertz CT molecular complexity index is 1210. The van der Waals surface area contributed by atoms with Crippen LogP contribution in [0.25, 0.3) is 10.2 Å². The van der Waals surface area contributed by atoms with Gasteiger partial charge in [0.25, 0.3) is 5.56 Å². The van der Waals surface area contributed by atoms with Gasteiger partial charge in [0.2, 0.25) is 11.8 Å². The molecule has 2 aliphatic rings. The highest BCUT2D eigenvalue weighted by Crippen LogP contribution is 2.34. The summed E-state index contributed by atoms with van der Waals surface area (Å²) in [6.45, 7) is 1.08. The van der Waals surface area contributed by atoms with Crippen LogP contribution in [0.3, 0.4) is 0 Å². The molecule has 1 aliphatic carbocycles. The lowest BCUT2D eigenvalue weighted by molar-refractivity contribution is -0.126. The first-order chi connectivity index (χ1) is 15.1. The topological polar surface area (TPSA) is 84.3 Å². The van der Waals surface area contributed by atoms with Crippen molar-refractivity contribution in [2.24, 2.45) is 5.92 Å². The van der Waals surface area contributed by atoms with Gasteiger partial charge in [0.15, 0.2) is 0 Å². The molecule has 0 radical (unpaired) electrons. The van der Waals surface area contributed by atoms with Crippen LogP contribution in [0.1, 0.15) is 30.4 Å². The lowest BCUT2D eigenvalue weighted by Crippen LogP contribution is -2.36. The standard InChI is InChI=1S/C23H24N4O3S/c28-20-12-16(13-27(20)19-7-3-5-15-4-1-2-6-17(15)19)22(29)24-9-10-26-14-25-18-8-11-31-21(18)23(26)30/h3,5,7-8,11,14,16H,1-2,4,6,9-10,12-13H2,(H,24,29). The fourth-order valence-electron chi connectivity index (χ4n) is 4.61. The molecule has 0 bridgehead atoms. The predicted octanol–water partition coefficient (Wildman–Crippen LogP) is 2.51. The highest BCUT2D eigenvalue weighted by Gasteiger charge is 2.36. The molecule has 1 saturated heterocycles. The minimum Gasteiger partial charge on any atom is -0.354 e. The molecule has 0 saturated carbocycles. The van der Waals surface area contributed by atoms with Crippen LogP contribution in [-0.4, -0.2) is 34.5 Å². The van der Waals surface area contributed by atoms with Crippen LogP contribution in [0.2, 0.25) is 0 Å². The molecular formula is C23H24N4O3S.